The number of nitrogens with zero attached hydrogens (tertiary/aromatic N) is 4. The Balaban J connectivity index is 1.38. The van der Waals surface area contributed by atoms with E-state index in [2.05, 4.69) is 15.0 Å². The molecule has 1 amide bonds. The SMILES string of the molecule is O=C(C1CC(c2cccc(F)c2)=NO1)N(CCCN1CCOCC1)Cc1ccncc1. The van der Waals surface area contributed by atoms with E-state index < -0.39 is 6.10 Å². The molecule has 1 saturated heterocycles. The third-order valence-corrected chi connectivity index (χ3v) is 5.54. The number of oxime groups is 1. The lowest BCUT2D eigenvalue weighted by Crippen LogP contribution is -2.42. The van der Waals surface area contributed by atoms with E-state index in [1.165, 1.54) is 12.1 Å². The highest BCUT2D eigenvalue weighted by molar-refractivity contribution is 6.04. The van der Waals surface area contributed by atoms with Gasteiger partial charge in [-0.3, -0.25) is 14.7 Å². The molecule has 1 aromatic heterocycles. The quantitative estimate of drug-likeness (QED) is 0.649. The summed E-state index contributed by atoms with van der Waals surface area (Å²) >= 11 is 0. The number of halogens is 1. The van der Waals surface area contributed by atoms with Gasteiger partial charge in [-0.15, -0.1) is 0 Å². The van der Waals surface area contributed by atoms with Gasteiger partial charge in [0.1, 0.15) is 5.82 Å². The fraction of sp³-hybridized carbons (Fsp3) is 0.435. The molecule has 3 heterocycles. The minimum atomic E-state index is -0.691. The van der Waals surface area contributed by atoms with Gasteiger partial charge in [0.05, 0.1) is 18.9 Å². The zero-order valence-electron chi connectivity index (χ0n) is 17.5. The summed E-state index contributed by atoms with van der Waals surface area (Å²) in [7, 11) is 0. The summed E-state index contributed by atoms with van der Waals surface area (Å²) in [5.41, 5.74) is 2.25. The molecule has 1 unspecified atom stereocenters. The summed E-state index contributed by atoms with van der Waals surface area (Å²) in [6.07, 6.45) is 3.95. The standard InChI is InChI=1S/C23H27FN4O3/c24-20-4-1-3-19(15-20)21-16-22(31-26-21)23(29)28(17-18-5-7-25-8-6-18)10-2-9-27-11-13-30-14-12-27/h1,3-8,15,22H,2,9-14,16-17H2. The molecule has 0 radical (unpaired) electrons. The predicted molar refractivity (Wildman–Crippen MR) is 114 cm³/mol. The molecule has 31 heavy (non-hydrogen) atoms. The maximum absolute atomic E-state index is 13.6. The molecule has 0 spiro atoms. The number of benzene rings is 1. The van der Waals surface area contributed by atoms with Crippen molar-refractivity contribution >= 4 is 11.6 Å². The fourth-order valence-electron chi connectivity index (χ4n) is 3.84. The average Bonchev–Trinajstić information content (AvgIpc) is 3.30. The molecule has 2 aliphatic heterocycles. The van der Waals surface area contributed by atoms with Gasteiger partial charge < -0.3 is 14.5 Å². The van der Waals surface area contributed by atoms with Crippen LogP contribution < -0.4 is 0 Å². The van der Waals surface area contributed by atoms with Crippen molar-refractivity contribution in [1.29, 1.82) is 0 Å². The second-order valence-electron chi connectivity index (χ2n) is 7.77. The number of hydrogen-bond acceptors (Lipinski definition) is 6. The molecule has 7 nitrogen and oxygen atoms in total. The van der Waals surface area contributed by atoms with Crippen molar-refractivity contribution in [1.82, 2.24) is 14.8 Å². The number of carbonyl (C=O) groups is 1. The Morgan fingerprint density at radius 1 is 1.19 bits per heavy atom. The van der Waals surface area contributed by atoms with Crippen LogP contribution in [0.3, 0.4) is 0 Å². The molecular weight excluding hydrogens is 399 g/mol. The lowest BCUT2D eigenvalue weighted by molar-refractivity contribution is -0.142. The van der Waals surface area contributed by atoms with Crippen molar-refractivity contribution in [3.63, 3.8) is 0 Å². The third kappa shape index (κ3) is 5.86. The van der Waals surface area contributed by atoms with E-state index >= 15 is 0 Å². The lowest BCUT2D eigenvalue weighted by Gasteiger charge is -2.29. The number of rotatable bonds is 8. The summed E-state index contributed by atoms with van der Waals surface area (Å²) in [5, 5.41) is 4.06. The number of aromatic nitrogens is 1. The molecule has 1 atom stereocenters. The van der Waals surface area contributed by atoms with Crippen LogP contribution in [0.1, 0.15) is 24.0 Å². The van der Waals surface area contributed by atoms with Crippen LogP contribution in [-0.2, 0) is 20.9 Å². The molecule has 4 rings (SSSR count). The average molecular weight is 426 g/mol. The Bertz CT molecular complexity index is 903. The first-order valence-electron chi connectivity index (χ1n) is 10.7. The maximum Gasteiger partial charge on any atom is 0.267 e. The van der Waals surface area contributed by atoms with Crippen molar-refractivity contribution in [2.24, 2.45) is 5.16 Å². The monoisotopic (exact) mass is 426 g/mol. The van der Waals surface area contributed by atoms with Gasteiger partial charge in [-0.25, -0.2) is 4.39 Å². The molecular formula is C23H27FN4O3. The van der Waals surface area contributed by atoms with Gasteiger partial charge in [0.2, 0.25) is 6.10 Å². The second-order valence-corrected chi connectivity index (χ2v) is 7.77. The summed E-state index contributed by atoms with van der Waals surface area (Å²) in [6, 6.07) is 10.0. The van der Waals surface area contributed by atoms with E-state index in [-0.39, 0.29) is 11.7 Å². The smallest absolute Gasteiger partial charge is 0.267 e. The first-order chi connectivity index (χ1) is 15.2. The molecule has 0 N–H and O–H groups in total. The topological polar surface area (TPSA) is 67.3 Å². The highest BCUT2D eigenvalue weighted by atomic mass is 19.1. The van der Waals surface area contributed by atoms with Crippen LogP contribution >= 0.6 is 0 Å². The predicted octanol–water partition coefficient (Wildman–Crippen LogP) is 2.46. The highest BCUT2D eigenvalue weighted by Crippen LogP contribution is 2.20. The minimum Gasteiger partial charge on any atom is -0.382 e. The van der Waals surface area contributed by atoms with E-state index in [0.29, 0.717) is 30.8 Å². The summed E-state index contributed by atoms with van der Waals surface area (Å²) < 4.78 is 19.0. The molecule has 1 fully saturated rings. The Kier molecular flexibility index (Phi) is 7.22. The largest absolute Gasteiger partial charge is 0.382 e. The summed E-state index contributed by atoms with van der Waals surface area (Å²) in [4.78, 5) is 27.0. The van der Waals surface area contributed by atoms with Crippen LogP contribution in [0.2, 0.25) is 0 Å². The van der Waals surface area contributed by atoms with Crippen molar-refractivity contribution in [3.8, 4) is 0 Å². The first-order valence-corrected chi connectivity index (χ1v) is 10.7. The first kappa shape index (κ1) is 21.4. The van der Waals surface area contributed by atoms with Gasteiger partial charge >= 0.3 is 0 Å². The van der Waals surface area contributed by atoms with Gasteiger partial charge in [-0.05, 0) is 36.2 Å². The highest BCUT2D eigenvalue weighted by Gasteiger charge is 2.32. The number of hydrogen-bond donors (Lipinski definition) is 0. The minimum absolute atomic E-state index is 0.103. The third-order valence-electron chi connectivity index (χ3n) is 5.54. The maximum atomic E-state index is 13.6. The number of amides is 1. The molecule has 0 bridgehead atoms. The number of morpholine rings is 1. The normalized spacial score (nSPS) is 19.0. The van der Waals surface area contributed by atoms with Crippen molar-refractivity contribution in [3.05, 3.63) is 65.7 Å². The Morgan fingerprint density at radius 3 is 2.77 bits per heavy atom. The van der Waals surface area contributed by atoms with E-state index in [1.54, 1.807) is 24.5 Å². The van der Waals surface area contributed by atoms with Crippen molar-refractivity contribution < 1.29 is 18.8 Å². The van der Waals surface area contributed by atoms with Crippen LogP contribution in [0.15, 0.2) is 53.9 Å². The molecule has 1 aromatic carbocycles. The van der Waals surface area contributed by atoms with E-state index in [1.807, 2.05) is 17.0 Å². The molecule has 164 valence electrons. The van der Waals surface area contributed by atoms with Gasteiger partial charge in [0.15, 0.2) is 0 Å². The summed E-state index contributed by atoms with van der Waals surface area (Å²) in [6.45, 7) is 5.39. The van der Waals surface area contributed by atoms with Crippen LogP contribution in [-0.4, -0.2) is 71.9 Å². The Labute approximate surface area is 181 Å². The van der Waals surface area contributed by atoms with Crippen molar-refractivity contribution in [2.75, 3.05) is 39.4 Å². The zero-order valence-corrected chi connectivity index (χ0v) is 17.5. The van der Waals surface area contributed by atoms with Crippen LogP contribution in [0.4, 0.5) is 4.39 Å². The molecule has 2 aromatic rings. The van der Waals surface area contributed by atoms with Crippen LogP contribution in [0, 0.1) is 5.82 Å². The molecule has 0 aliphatic carbocycles. The summed E-state index contributed by atoms with van der Waals surface area (Å²) in [5.74, 6) is -0.439. The zero-order chi connectivity index (χ0) is 21.5. The Morgan fingerprint density at radius 2 is 2.00 bits per heavy atom. The number of pyridine rings is 1. The van der Waals surface area contributed by atoms with Gasteiger partial charge in [0, 0.05) is 57.1 Å². The van der Waals surface area contributed by atoms with Crippen molar-refractivity contribution in [2.45, 2.75) is 25.5 Å². The van der Waals surface area contributed by atoms with Gasteiger partial charge in [-0.2, -0.15) is 0 Å². The number of carbonyl (C=O) groups excluding carboxylic acids is 1. The number of ether oxygens (including phenoxy) is 1. The van der Waals surface area contributed by atoms with Gasteiger partial charge in [-0.1, -0.05) is 17.3 Å². The lowest BCUT2D eigenvalue weighted by atomic mass is 10.0. The molecule has 8 heteroatoms. The van der Waals surface area contributed by atoms with E-state index in [9.17, 15) is 9.18 Å². The molecule has 2 aliphatic rings. The Hall–Kier alpha value is -2.84. The fourth-order valence-corrected chi connectivity index (χ4v) is 3.84. The van der Waals surface area contributed by atoms with E-state index in [0.717, 1.165) is 44.8 Å². The van der Waals surface area contributed by atoms with Crippen LogP contribution in [0.25, 0.3) is 0 Å². The second kappa shape index (κ2) is 10.5. The van der Waals surface area contributed by atoms with Gasteiger partial charge in [0.25, 0.3) is 5.91 Å². The van der Waals surface area contributed by atoms with E-state index in [4.69, 9.17) is 9.57 Å². The molecule has 0 saturated carbocycles. The van der Waals surface area contributed by atoms with Crippen LogP contribution in [0.5, 0.6) is 0 Å².